The maximum absolute atomic E-state index is 13.7. The minimum atomic E-state index is -4.16. The SMILES string of the molecule is Cc1ccc(C)c(S(=O)(=O)Oc2ccccc2C(=O)OCc2ccccc2F)c1. The second-order valence-corrected chi connectivity index (χ2v) is 7.98. The zero-order chi connectivity index (χ0) is 21.0. The summed E-state index contributed by atoms with van der Waals surface area (Å²) in [6, 6.07) is 16.7. The van der Waals surface area contributed by atoms with E-state index >= 15 is 0 Å². The monoisotopic (exact) mass is 414 g/mol. The number of para-hydroxylation sites is 1. The van der Waals surface area contributed by atoms with Crippen molar-refractivity contribution in [2.24, 2.45) is 0 Å². The van der Waals surface area contributed by atoms with Crippen LogP contribution in [0.3, 0.4) is 0 Å². The zero-order valence-electron chi connectivity index (χ0n) is 15.9. The van der Waals surface area contributed by atoms with E-state index in [9.17, 15) is 17.6 Å². The Morgan fingerprint density at radius 1 is 0.966 bits per heavy atom. The van der Waals surface area contributed by atoms with Crippen molar-refractivity contribution < 1.29 is 26.5 Å². The van der Waals surface area contributed by atoms with Gasteiger partial charge in [0.05, 0.1) is 0 Å². The highest BCUT2D eigenvalue weighted by Crippen LogP contribution is 2.26. The quantitative estimate of drug-likeness (QED) is 0.437. The summed E-state index contributed by atoms with van der Waals surface area (Å²) >= 11 is 0. The van der Waals surface area contributed by atoms with Gasteiger partial charge in [-0.15, -0.1) is 0 Å². The molecule has 0 N–H and O–H groups in total. The largest absolute Gasteiger partial charge is 0.457 e. The van der Waals surface area contributed by atoms with Crippen LogP contribution in [0.1, 0.15) is 27.0 Å². The Morgan fingerprint density at radius 2 is 1.66 bits per heavy atom. The van der Waals surface area contributed by atoms with Crippen LogP contribution in [0, 0.1) is 19.7 Å². The Balaban J connectivity index is 1.84. The third kappa shape index (κ3) is 4.81. The van der Waals surface area contributed by atoms with E-state index in [4.69, 9.17) is 8.92 Å². The first-order valence-corrected chi connectivity index (χ1v) is 10.2. The lowest BCUT2D eigenvalue weighted by Gasteiger charge is -2.13. The normalized spacial score (nSPS) is 11.1. The zero-order valence-corrected chi connectivity index (χ0v) is 16.7. The molecule has 29 heavy (non-hydrogen) atoms. The summed E-state index contributed by atoms with van der Waals surface area (Å²) in [5.74, 6) is -1.48. The van der Waals surface area contributed by atoms with Gasteiger partial charge in [0, 0.05) is 5.56 Å². The van der Waals surface area contributed by atoms with E-state index in [-0.39, 0.29) is 28.4 Å². The fourth-order valence-corrected chi connectivity index (χ4v) is 3.95. The van der Waals surface area contributed by atoms with Crippen molar-refractivity contribution in [3.05, 3.63) is 94.8 Å². The molecule has 7 heteroatoms. The first kappa shape index (κ1) is 20.5. The number of ether oxygens (including phenoxy) is 1. The number of carbonyl (C=O) groups excluding carboxylic acids is 1. The molecule has 0 atom stereocenters. The van der Waals surface area contributed by atoms with Crippen LogP contribution >= 0.6 is 0 Å². The molecule has 0 aliphatic rings. The summed E-state index contributed by atoms with van der Waals surface area (Å²) in [6.45, 7) is 3.14. The molecule has 3 aromatic carbocycles. The van der Waals surface area contributed by atoms with Crippen LogP contribution in [0.25, 0.3) is 0 Å². The molecule has 0 amide bonds. The Hall–Kier alpha value is -3.19. The molecular formula is C22H19FO5S. The molecule has 0 aliphatic carbocycles. The van der Waals surface area contributed by atoms with Crippen molar-refractivity contribution in [3.63, 3.8) is 0 Å². The molecule has 0 bridgehead atoms. The van der Waals surface area contributed by atoms with E-state index < -0.39 is 21.9 Å². The summed E-state index contributed by atoms with van der Waals surface area (Å²) in [6.07, 6.45) is 0. The fourth-order valence-electron chi connectivity index (χ4n) is 2.68. The summed E-state index contributed by atoms with van der Waals surface area (Å²) in [5, 5.41) is 0. The number of hydrogen-bond acceptors (Lipinski definition) is 5. The second-order valence-electron chi connectivity index (χ2n) is 6.47. The van der Waals surface area contributed by atoms with Gasteiger partial charge in [0.15, 0.2) is 5.75 Å². The topological polar surface area (TPSA) is 69.7 Å². The number of aryl methyl sites for hydroxylation is 2. The van der Waals surface area contributed by atoms with Gasteiger partial charge in [0.1, 0.15) is 22.9 Å². The van der Waals surface area contributed by atoms with Crippen LogP contribution in [-0.2, 0) is 21.5 Å². The Kier molecular flexibility index (Phi) is 5.98. The van der Waals surface area contributed by atoms with Gasteiger partial charge in [-0.05, 0) is 49.2 Å². The molecule has 3 aromatic rings. The molecule has 5 nitrogen and oxygen atoms in total. The van der Waals surface area contributed by atoms with E-state index in [0.717, 1.165) is 5.56 Å². The van der Waals surface area contributed by atoms with E-state index in [1.165, 1.54) is 36.4 Å². The van der Waals surface area contributed by atoms with Crippen molar-refractivity contribution in [3.8, 4) is 5.75 Å². The van der Waals surface area contributed by atoms with E-state index in [0.29, 0.717) is 5.56 Å². The van der Waals surface area contributed by atoms with Crippen molar-refractivity contribution in [2.75, 3.05) is 0 Å². The maximum atomic E-state index is 13.7. The lowest BCUT2D eigenvalue weighted by atomic mass is 10.2. The molecular weight excluding hydrogens is 395 g/mol. The Morgan fingerprint density at radius 3 is 2.41 bits per heavy atom. The van der Waals surface area contributed by atoms with Crippen molar-refractivity contribution >= 4 is 16.1 Å². The molecule has 0 aliphatic heterocycles. The summed E-state index contributed by atoms with van der Waals surface area (Å²) in [7, 11) is -4.16. The average Bonchev–Trinajstić information content (AvgIpc) is 2.69. The molecule has 0 unspecified atom stereocenters. The predicted octanol–water partition coefficient (Wildman–Crippen LogP) is 4.57. The summed E-state index contributed by atoms with van der Waals surface area (Å²) < 4.78 is 49.6. The van der Waals surface area contributed by atoms with Crippen molar-refractivity contribution in [1.29, 1.82) is 0 Å². The molecule has 3 rings (SSSR count). The second kappa shape index (κ2) is 8.45. The minimum absolute atomic E-state index is 0.0204. The van der Waals surface area contributed by atoms with Gasteiger partial charge in [-0.3, -0.25) is 0 Å². The summed E-state index contributed by atoms with van der Waals surface area (Å²) in [4.78, 5) is 12.5. The van der Waals surface area contributed by atoms with Crippen molar-refractivity contribution in [1.82, 2.24) is 0 Å². The maximum Gasteiger partial charge on any atom is 0.342 e. The molecule has 0 saturated carbocycles. The third-order valence-electron chi connectivity index (χ3n) is 4.24. The Labute approximate surface area is 168 Å². The minimum Gasteiger partial charge on any atom is -0.457 e. The highest BCUT2D eigenvalue weighted by atomic mass is 32.2. The lowest BCUT2D eigenvalue weighted by Crippen LogP contribution is -2.15. The molecule has 0 radical (unpaired) electrons. The highest BCUT2D eigenvalue weighted by molar-refractivity contribution is 7.87. The number of rotatable bonds is 6. The van der Waals surface area contributed by atoms with Crippen LogP contribution in [0.15, 0.2) is 71.6 Å². The molecule has 0 spiro atoms. The van der Waals surface area contributed by atoms with E-state index in [1.807, 2.05) is 0 Å². The molecule has 150 valence electrons. The number of benzene rings is 3. The van der Waals surface area contributed by atoms with Gasteiger partial charge in [-0.25, -0.2) is 9.18 Å². The van der Waals surface area contributed by atoms with E-state index in [2.05, 4.69) is 0 Å². The number of hydrogen-bond donors (Lipinski definition) is 0. The van der Waals surface area contributed by atoms with E-state index in [1.54, 1.807) is 44.2 Å². The van der Waals surface area contributed by atoms with Gasteiger partial charge in [-0.1, -0.05) is 42.5 Å². The first-order valence-electron chi connectivity index (χ1n) is 8.79. The lowest BCUT2D eigenvalue weighted by molar-refractivity contribution is 0.0467. The van der Waals surface area contributed by atoms with Gasteiger partial charge < -0.3 is 8.92 Å². The van der Waals surface area contributed by atoms with Crippen LogP contribution in [-0.4, -0.2) is 14.4 Å². The molecule has 0 heterocycles. The highest BCUT2D eigenvalue weighted by Gasteiger charge is 2.23. The van der Waals surface area contributed by atoms with Gasteiger partial charge in [0.25, 0.3) is 0 Å². The smallest absolute Gasteiger partial charge is 0.342 e. The fraction of sp³-hybridized carbons (Fsp3) is 0.136. The molecule has 0 saturated heterocycles. The van der Waals surface area contributed by atoms with Crippen LogP contribution in [0.5, 0.6) is 5.75 Å². The summed E-state index contributed by atoms with van der Waals surface area (Å²) in [5.41, 5.74) is 1.42. The van der Waals surface area contributed by atoms with Crippen LogP contribution < -0.4 is 4.18 Å². The molecule has 0 fully saturated rings. The van der Waals surface area contributed by atoms with Crippen LogP contribution in [0.2, 0.25) is 0 Å². The van der Waals surface area contributed by atoms with Crippen LogP contribution in [0.4, 0.5) is 4.39 Å². The van der Waals surface area contributed by atoms with Crippen molar-refractivity contribution in [2.45, 2.75) is 25.3 Å². The van der Waals surface area contributed by atoms with Gasteiger partial charge in [0.2, 0.25) is 0 Å². The number of carbonyl (C=O) groups is 1. The predicted molar refractivity (Wildman–Crippen MR) is 106 cm³/mol. The Bertz CT molecular complexity index is 1160. The first-order chi connectivity index (χ1) is 13.8. The average molecular weight is 414 g/mol. The standard InChI is InChI=1S/C22H19FO5S/c1-15-11-12-16(2)21(13-15)29(25,26)28-20-10-6-4-8-18(20)22(24)27-14-17-7-3-5-9-19(17)23/h3-13H,14H2,1-2H3. The number of esters is 1. The third-order valence-corrected chi connectivity index (χ3v) is 5.61. The van der Waals surface area contributed by atoms with Gasteiger partial charge >= 0.3 is 16.1 Å². The van der Waals surface area contributed by atoms with Gasteiger partial charge in [-0.2, -0.15) is 8.42 Å². The molecule has 0 aromatic heterocycles. The number of halogens is 1.